The van der Waals surface area contributed by atoms with Gasteiger partial charge in [0.25, 0.3) is 5.91 Å². The summed E-state index contributed by atoms with van der Waals surface area (Å²) in [7, 11) is 0. The van der Waals surface area contributed by atoms with Gasteiger partial charge in [0.2, 0.25) is 0 Å². The van der Waals surface area contributed by atoms with Gasteiger partial charge in [0.15, 0.2) is 0 Å². The summed E-state index contributed by atoms with van der Waals surface area (Å²) in [5, 5.41) is 3.27. The predicted octanol–water partition coefficient (Wildman–Crippen LogP) is 3.17. The van der Waals surface area contributed by atoms with Crippen molar-refractivity contribution in [3.8, 4) is 0 Å². The first kappa shape index (κ1) is 15.5. The second-order valence-electron chi connectivity index (χ2n) is 4.54. The molecule has 4 nitrogen and oxygen atoms in total. The normalized spacial score (nSPS) is 10.3. The third-order valence-electron chi connectivity index (χ3n) is 3.15. The molecule has 0 fully saturated rings. The molecular formula is C15H25N3O. The van der Waals surface area contributed by atoms with Gasteiger partial charge in [-0.05, 0) is 32.4 Å². The largest absolute Gasteiger partial charge is 0.370 e. The number of carbonyl (C=O) groups is 1. The lowest BCUT2D eigenvalue weighted by atomic mass is 10.2. The number of hydrogen-bond donors (Lipinski definition) is 1. The number of amides is 1. The van der Waals surface area contributed by atoms with Crippen LogP contribution in [0.2, 0.25) is 0 Å². The molecule has 0 saturated carbocycles. The molecule has 1 aromatic rings. The summed E-state index contributed by atoms with van der Waals surface area (Å²) in [6.45, 7) is 8.55. The lowest BCUT2D eigenvalue weighted by molar-refractivity contribution is 0.0772. The Balaban J connectivity index is 2.53. The fraction of sp³-hybridized carbons (Fsp3) is 0.600. The molecule has 1 aromatic heterocycles. The van der Waals surface area contributed by atoms with E-state index in [4.69, 9.17) is 0 Å². The first-order valence-corrected chi connectivity index (χ1v) is 7.22. The second kappa shape index (κ2) is 8.51. The van der Waals surface area contributed by atoms with E-state index in [0.717, 1.165) is 31.9 Å². The van der Waals surface area contributed by atoms with Crippen molar-refractivity contribution in [1.29, 1.82) is 0 Å². The van der Waals surface area contributed by atoms with Gasteiger partial charge in [-0.15, -0.1) is 0 Å². The van der Waals surface area contributed by atoms with Gasteiger partial charge in [0.05, 0.1) is 5.56 Å². The fourth-order valence-corrected chi connectivity index (χ4v) is 1.91. The topological polar surface area (TPSA) is 45.2 Å². The molecule has 19 heavy (non-hydrogen) atoms. The van der Waals surface area contributed by atoms with E-state index in [9.17, 15) is 4.79 Å². The number of hydrogen-bond acceptors (Lipinski definition) is 3. The van der Waals surface area contributed by atoms with Crippen LogP contribution < -0.4 is 5.32 Å². The number of aromatic nitrogens is 1. The fourth-order valence-electron chi connectivity index (χ4n) is 1.91. The van der Waals surface area contributed by atoms with Crippen LogP contribution in [0, 0.1) is 0 Å². The number of anilines is 1. The van der Waals surface area contributed by atoms with E-state index in [1.54, 1.807) is 11.1 Å². The van der Waals surface area contributed by atoms with Gasteiger partial charge in [-0.2, -0.15) is 0 Å². The van der Waals surface area contributed by atoms with Crippen LogP contribution in [-0.2, 0) is 0 Å². The van der Waals surface area contributed by atoms with Crippen LogP contribution in [0.4, 0.5) is 5.82 Å². The number of carbonyl (C=O) groups excluding carboxylic acids is 1. The summed E-state index contributed by atoms with van der Waals surface area (Å²) in [4.78, 5) is 18.2. The Labute approximate surface area is 116 Å². The molecule has 0 aliphatic rings. The number of unbranched alkanes of at least 4 members (excludes halogenated alkanes) is 2. The highest BCUT2D eigenvalue weighted by Crippen LogP contribution is 2.08. The maximum absolute atomic E-state index is 12.1. The summed E-state index contributed by atoms with van der Waals surface area (Å²) in [6.07, 6.45) is 5.25. The number of nitrogens with one attached hydrogen (secondary N) is 1. The highest BCUT2D eigenvalue weighted by molar-refractivity contribution is 5.94. The highest BCUT2D eigenvalue weighted by Gasteiger charge is 2.12. The van der Waals surface area contributed by atoms with E-state index < -0.39 is 0 Å². The van der Waals surface area contributed by atoms with Gasteiger partial charge >= 0.3 is 0 Å². The minimum absolute atomic E-state index is 0.0510. The molecular weight excluding hydrogens is 238 g/mol. The van der Waals surface area contributed by atoms with Crippen LogP contribution in [-0.4, -0.2) is 35.4 Å². The maximum Gasteiger partial charge on any atom is 0.255 e. The van der Waals surface area contributed by atoms with Crippen molar-refractivity contribution in [2.45, 2.75) is 40.0 Å². The van der Waals surface area contributed by atoms with Crippen LogP contribution in [0.3, 0.4) is 0 Å². The smallest absolute Gasteiger partial charge is 0.255 e. The first-order valence-electron chi connectivity index (χ1n) is 7.22. The van der Waals surface area contributed by atoms with Crippen LogP contribution in [0.25, 0.3) is 0 Å². The van der Waals surface area contributed by atoms with Gasteiger partial charge in [-0.1, -0.05) is 19.8 Å². The van der Waals surface area contributed by atoms with Crippen molar-refractivity contribution in [3.63, 3.8) is 0 Å². The first-order chi connectivity index (χ1) is 9.22. The average Bonchev–Trinajstić information content (AvgIpc) is 2.45. The molecule has 106 valence electrons. The van der Waals surface area contributed by atoms with Crippen LogP contribution in [0.1, 0.15) is 50.4 Å². The molecule has 0 atom stereocenters. The zero-order valence-corrected chi connectivity index (χ0v) is 12.3. The molecule has 1 N–H and O–H groups in total. The maximum atomic E-state index is 12.1. The van der Waals surface area contributed by atoms with Crippen LogP contribution >= 0.6 is 0 Å². The Kier molecular flexibility index (Phi) is 6.93. The van der Waals surface area contributed by atoms with Gasteiger partial charge < -0.3 is 10.2 Å². The molecule has 1 rings (SSSR count). The summed E-state index contributed by atoms with van der Waals surface area (Å²) >= 11 is 0. The molecule has 0 aliphatic carbocycles. The number of pyridine rings is 1. The van der Waals surface area contributed by atoms with Crippen LogP contribution in [0.15, 0.2) is 18.3 Å². The second-order valence-corrected chi connectivity index (χ2v) is 4.54. The van der Waals surface area contributed by atoms with E-state index in [2.05, 4.69) is 17.2 Å². The zero-order chi connectivity index (χ0) is 14.1. The summed E-state index contributed by atoms with van der Waals surface area (Å²) in [5.74, 6) is 0.891. The van der Waals surface area contributed by atoms with Crippen molar-refractivity contribution in [3.05, 3.63) is 23.9 Å². The van der Waals surface area contributed by atoms with E-state index in [1.807, 2.05) is 26.0 Å². The van der Waals surface area contributed by atoms with Crippen molar-refractivity contribution in [2.24, 2.45) is 0 Å². The van der Waals surface area contributed by atoms with Crippen molar-refractivity contribution in [2.75, 3.05) is 25.0 Å². The lowest BCUT2D eigenvalue weighted by Crippen LogP contribution is -2.30. The van der Waals surface area contributed by atoms with E-state index in [0.29, 0.717) is 5.56 Å². The Morgan fingerprint density at radius 1 is 1.21 bits per heavy atom. The Morgan fingerprint density at radius 3 is 2.47 bits per heavy atom. The van der Waals surface area contributed by atoms with E-state index >= 15 is 0 Å². The number of rotatable bonds is 8. The summed E-state index contributed by atoms with van der Waals surface area (Å²) < 4.78 is 0. The van der Waals surface area contributed by atoms with Gasteiger partial charge in [-0.3, -0.25) is 4.79 Å². The molecule has 0 spiro atoms. The minimum Gasteiger partial charge on any atom is -0.370 e. The molecule has 0 aliphatic heterocycles. The molecule has 1 amide bonds. The van der Waals surface area contributed by atoms with Gasteiger partial charge in [-0.25, -0.2) is 4.98 Å². The van der Waals surface area contributed by atoms with Crippen molar-refractivity contribution < 1.29 is 4.79 Å². The average molecular weight is 263 g/mol. The highest BCUT2D eigenvalue weighted by atomic mass is 16.2. The Hall–Kier alpha value is -1.58. The molecule has 4 heteroatoms. The molecule has 0 aromatic carbocycles. The summed E-state index contributed by atoms with van der Waals surface area (Å²) in [5.41, 5.74) is 0.655. The standard InChI is InChI=1S/C15H25N3O/c1-4-7-8-11-16-14-10-9-13(12-17-14)15(19)18(5-2)6-3/h9-10,12H,4-8,11H2,1-3H3,(H,16,17). The molecule has 0 saturated heterocycles. The molecule has 1 heterocycles. The Bertz CT molecular complexity index is 371. The minimum atomic E-state index is 0.0510. The van der Waals surface area contributed by atoms with Gasteiger partial charge in [0, 0.05) is 25.8 Å². The van der Waals surface area contributed by atoms with Crippen LogP contribution in [0.5, 0.6) is 0 Å². The Morgan fingerprint density at radius 2 is 1.95 bits per heavy atom. The molecule has 0 radical (unpaired) electrons. The molecule has 0 bridgehead atoms. The predicted molar refractivity (Wildman–Crippen MR) is 79.5 cm³/mol. The summed E-state index contributed by atoms with van der Waals surface area (Å²) in [6, 6.07) is 3.72. The number of nitrogens with zero attached hydrogens (tertiary/aromatic N) is 2. The van der Waals surface area contributed by atoms with E-state index in [-0.39, 0.29) is 5.91 Å². The monoisotopic (exact) mass is 263 g/mol. The van der Waals surface area contributed by atoms with E-state index in [1.165, 1.54) is 12.8 Å². The third kappa shape index (κ3) is 4.89. The zero-order valence-electron chi connectivity index (χ0n) is 12.3. The quantitative estimate of drug-likeness (QED) is 0.733. The third-order valence-corrected chi connectivity index (χ3v) is 3.15. The van der Waals surface area contributed by atoms with Crippen molar-refractivity contribution in [1.82, 2.24) is 9.88 Å². The SMILES string of the molecule is CCCCCNc1ccc(C(=O)N(CC)CC)cn1. The van der Waals surface area contributed by atoms with Gasteiger partial charge in [0.1, 0.15) is 5.82 Å². The lowest BCUT2D eigenvalue weighted by Gasteiger charge is -2.18. The molecule has 0 unspecified atom stereocenters. The van der Waals surface area contributed by atoms with Crippen molar-refractivity contribution >= 4 is 11.7 Å².